The maximum Gasteiger partial charge on any atom is 0.322 e. The van der Waals surface area contributed by atoms with Gasteiger partial charge in [0.05, 0.1) is 25.0 Å². The van der Waals surface area contributed by atoms with E-state index in [1.807, 2.05) is 0 Å². The zero-order valence-corrected chi connectivity index (χ0v) is 11.3. The SMILES string of the molecule is COC(=O)[C@H]1CSSC[C@@H](C(=O)OC)S1=O. The number of rotatable bonds is 2. The summed E-state index contributed by atoms with van der Waals surface area (Å²) in [6, 6.07) is 0. The van der Waals surface area contributed by atoms with Gasteiger partial charge in [0.1, 0.15) is 10.5 Å². The lowest BCUT2D eigenvalue weighted by Crippen LogP contribution is -2.39. The average Bonchev–Trinajstić information content (AvgIpc) is 2.49. The molecule has 16 heavy (non-hydrogen) atoms. The Labute approximate surface area is 104 Å². The molecular formula is C8H12O5S3. The zero-order valence-electron chi connectivity index (χ0n) is 8.83. The van der Waals surface area contributed by atoms with Crippen LogP contribution in [0.4, 0.5) is 0 Å². The topological polar surface area (TPSA) is 69.7 Å². The maximum atomic E-state index is 12.0. The lowest BCUT2D eigenvalue weighted by Gasteiger charge is -2.15. The van der Waals surface area contributed by atoms with Gasteiger partial charge in [0, 0.05) is 11.5 Å². The van der Waals surface area contributed by atoms with Crippen LogP contribution in [0.5, 0.6) is 0 Å². The molecule has 0 aromatic carbocycles. The average molecular weight is 284 g/mol. The number of carbonyl (C=O) groups excluding carboxylic acids is 2. The van der Waals surface area contributed by atoms with E-state index in [1.54, 1.807) is 0 Å². The van der Waals surface area contributed by atoms with Crippen molar-refractivity contribution in [2.45, 2.75) is 10.5 Å². The molecule has 1 heterocycles. The van der Waals surface area contributed by atoms with Gasteiger partial charge in [0.25, 0.3) is 0 Å². The van der Waals surface area contributed by atoms with Crippen LogP contribution in [0, 0.1) is 0 Å². The minimum atomic E-state index is -1.58. The number of hydrogen-bond donors (Lipinski definition) is 0. The Morgan fingerprint density at radius 1 is 1.06 bits per heavy atom. The van der Waals surface area contributed by atoms with Crippen molar-refractivity contribution in [3.8, 4) is 0 Å². The highest BCUT2D eigenvalue weighted by atomic mass is 33.1. The first-order valence-corrected chi connectivity index (χ1v) is 8.17. The molecule has 1 saturated heterocycles. The van der Waals surface area contributed by atoms with Crippen LogP contribution in [0.15, 0.2) is 0 Å². The molecule has 1 unspecified atom stereocenters. The summed E-state index contributed by atoms with van der Waals surface area (Å²) in [6.45, 7) is 0. The molecule has 0 spiro atoms. The molecule has 0 aromatic heterocycles. The summed E-state index contributed by atoms with van der Waals surface area (Å²) < 4.78 is 21.2. The second-order valence-corrected chi connectivity index (χ2v) is 7.27. The van der Waals surface area contributed by atoms with Crippen LogP contribution < -0.4 is 0 Å². The second kappa shape index (κ2) is 6.51. The first-order valence-electron chi connectivity index (χ1n) is 4.41. The predicted octanol–water partition coefficient (Wildman–Crippen LogP) is 0.213. The van der Waals surface area contributed by atoms with E-state index in [-0.39, 0.29) is 0 Å². The summed E-state index contributed by atoms with van der Waals surface area (Å²) in [5.74, 6) is -0.306. The van der Waals surface area contributed by atoms with Gasteiger partial charge in [-0.25, -0.2) is 0 Å². The third kappa shape index (κ3) is 3.14. The van der Waals surface area contributed by atoms with Gasteiger partial charge in [-0.1, -0.05) is 21.6 Å². The van der Waals surface area contributed by atoms with Crippen LogP contribution >= 0.6 is 21.6 Å². The molecule has 0 aromatic rings. The molecule has 1 aliphatic rings. The highest BCUT2D eigenvalue weighted by Gasteiger charge is 2.38. The van der Waals surface area contributed by atoms with Crippen LogP contribution in [0.1, 0.15) is 0 Å². The van der Waals surface area contributed by atoms with Gasteiger partial charge >= 0.3 is 11.9 Å². The van der Waals surface area contributed by atoms with Crippen LogP contribution in [-0.4, -0.2) is 52.4 Å². The Bertz CT molecular complexity index is 278. The fourth-order valence-corrected chi connectivity index (χ4v) is 6.21. The third-order valence-electron chi connectivity index (χ3n) is 2.01. The van der Waals surface area contributed by atoms with E-state index in [0.29, 0.717) is 11.5 Å². The van der Waals surface area contributed by atoms with Gasteiger partial charge in [0.2, 0.25) is 0 Å². The zero-order chi connectivity index (χ0) is 12.1. The molecule has 0 radical (unpaired) electrons. The fourth-order valence-electron chi connectivity index (χ4n) is 1.14. The largest absolute Gasteiger partial charge is 0.468 e. The first-order chi connectivity index (χ1) is 7.61. The van der Waals surface area contributed by atoms with Gasteiger partial charge < -0.3 is 9.47 Å². The van der Waals surface area contributed by atoms with Crippen molar-refractivity contribution in [1.82, 2.24) is 0 Å². The summed E-state index contributed by atoms with van der Waals surface area (Å²) in [4.78, 5) is 22.8. The molecule has 8 heteroatoms. The minimum absolute atomic E-state index is 0.386. The standard InChI is InChI=1S/C8H12O5S3/c1-12-7(9)5-3-14-15-4-6(16(5)11)8(10)13-2/h5-6H,3-4H2,1-2H3/t5-,6+,16?. The second-order valence-electron chi connectivity index (χ2n) is 2.92. The Morgan fingerprint density at radius 2 is 1.44 bits per heavy atom. The highest BCUT2D eigenvalue weighted by Crippen LogP contribution is 2.31. The normalized spacial score (nSPS) is 30.2. The van der Waals surface area contributed by atoms with E-state index < -0.39 is 33.2 Å². The fraction of sp³-hybridized carbons (Fsp3) is 0.750. The van der Waals surface area contributed by atoms with Crippen LogP contribution in [-0.2, 0) is 29.9 Å². The molecule has 0 aliphatic carbocycles. The van der Waals surface area contributed by atoms with E-state index in [0.717, 1.165) is 0 Å². The lowest BCUT2D eigenvalue weighted by atomic mass is 10.5. The smallest absolute Gasteiger partial charge is 0.322 e. The van der Waals surface area contributed by atoms with E-state index in [1.165, 1.54) is 35.8 Å². The van der Waals surface area contributed by atoms with E-state index in [9.17, 15) is 13.8 Å². The van der Waals surface area contributed by atoms with E-state index in [4.69, 9.17) is 0 Å². The number of ether oxygens (including phenoxy) is 2. The molecule has 0 N–H and O–H groups in total. The molecule has 0 bridgehead atoms. The Kier molecular flexibility index (Phi) is 5.63. The van der Waals surface area contributed by atoms with Crippen molar-refractivity contribution >= 4 is 44.3 Å². The quantitative estimate of drug-likeness (QED) is 0.530. The van der Waals surface area contributed by atoms with Crippen molar-refractivity contribution in [3.63, 3.8) is 0 Å². The van der Waals surface area contributed by atoms with Crippen molar-refractivity contribution in [1.29, 1.82) is 0 Å². The molecule has 0 amide bonds. The predicted molar refractivity (Wildman–Crippen MR) is 64.7 cm³/mol. The van der Waals surface area contributed by atoms with Crippen molar-refractivity contribution in [2.24, 2.45) is 0 Å². The molecule has 1 rings (SSSR count). The van der Waals surface area contributed by atoms with E-state index >= 15 is 0 Å². The van der Waals surface area contributed by atoms with Gasteiger partial charge in [-0.15, -0.1) is 0 Å². The Hall–Kier alpha value is -0.210. The number of carbonyl (C=O) groups is 2. The summed E-state index contributed by atoms with van der Waals surface area (Å²) in [6.07, 6.45) is 0. The van der Waals surface area contributed by atoms with Crippen molar-refractivity contribution < 1.29 is 23.3 Å². The van der Waals surface area contributed by atoms with Gasteiger partial charge in [0.15, 0.2) is 0 Å². The van der Waals surface area contributed by atoms with Crippen LogP contribution in [0.2, 0.25) is 0 Å². The monoisotopic (exact) mass is 284 g/mol. The first kappa shape index (κ1) is 13.9. The van der Waals surface area contributed by atoms with Gasteiger partial charge in [-0.3, -0.25) is 13.8 Å². The molecular weight excluding hydrogens is 272 g/mol. The maximum absolute atomic E-state index is 12.0. The Morgan fingerprint density at radius 3 is 1.75 bits per heavy atom. The molecule has 1 aliphatic heterocycles. The van der Waals surface area contributed by atoms with E-state index in [2.05, 4.69) is 9.47 Å². The van der Waals surface area contributed by atoms with Crippen molar-refractivity contribution in [2.75, 3.05) is 25.7 Å². The molecule has 0 saturated carbocycles. The number of esters is 2. The molecule has 92 valence electrons. The van der Waals surface area contributed by atoms with Crippen molar-refractivity contribution in [3.05, 3.63) is 0 Å². The molecule has 3 atom stereocenters. The summed E-state index contributed by atoms with van der Waals surface area (Å²) in [5, 5.41) is -1.51. The summed E-state index contributed by atoms with van der Waals surface area (Å²) in [5.41, 5.74) is 0. The van der Waals surface area contributed by atoms with Crippen LogP contribution in [0.25, 0.3) is 0 Å². The molecule has 5 nitrogen and oxygen atoms in total. The van der Waals surface area contributed by atoms with Gasteiger partial charge in [-0.05, 0) is 0 Å². The minimum Gasteiger partial charge on any atom is -0.468 e. The lowest BCUT2D eigenvalue weighted by molar-refractivity contribution is -0.139. The summed E-state index contributed by atoms with van der Waals surface area (Å²) in [7, 11) is 3.74. The molecule has 1 fully saturated rings. The number of hydrogen-bond acceptors (Lipinski definition) is 7. The van der Waals surface area contributed by atoms with Crippen LogP contribution in [0.3, 0.4) is 0 Å². The number of methoxy groups -OCH3 is 2. The van der Waals surface area contributed by atoms with Gasteiger partial charge in [-0.2, -0.15) is 0 Å². The third-order valence-corrected chi connectivity index (χ3v) is 6.70. The highest BCUT2D eigenvalue weighted by molar-refractivity contribution is 8.76. The Balaban J connectivity index is 2.84. The summed E-state index contributed by atoms with van der Waals surface area (Å²) >= 11 is 0.